The molecule has 9 heteroatoms. The Balaban J connectivity index is -0.000000306. The summed E-state index contributed by atoms with van der Waals surface area (Å²) < 4.78 is 29.3. The molecule has 0 atom stereocenters. The lowest BCUT2D eigenvalue weighted by Gasteiger charge is -2.11. The molecule has 0 spiro atoms. The number of carbonyl (C=O) groups excluding carboxylic acids is 2. The number of methoxy groups -OCH3 is 6. The van der Waals surface area contributed by atoms with Crippen molar-refractivity contribution in [3.8, 4) is 0 Å². The Bertz CT molecular complexity index is 351. The lowest BCUT2D eigenvalue weighted by molar-refractivity contribution is -0.114. The summed E-state index contributed by atoms with van der Waals surface area (Å²) >= 11 is 0. The molecule has 0 N–H and O–H groups in total. The molecule has 154 valence electrons. The first-order chi connectivity index (χ1) is 12.4. The number of ether oxygens (including phenoxy) is 6. The van der Waals surface area contributed by atoms with Gasteiger partial charge in [-0.05, 0) is 6.92 Å². The fourth-order valence-corrected chi connectivity index (χ4v) is 1.25. The average molecular weight is 379 g/mol. The number of isocyanates is 1. The van der Waals surface area contributed by atoms with Gasteiger partial charge in [-0.2, -0.15) is 0 Å². The van der Waals surface area contributed by atoms with E-state index in [1.807, 2.05) is 0 Å². The minimum atomic E-state index is -0.611. The van der Waals surface area contributed by atoms with Gasteiger partial charge >= 0.3 is 0 Å². The van der Waals surface area contributed by atoms with Gasteiger partial charge in [-0.1, -0.05) is 6.58 Å². The molecular formula is C17H33NO8. The van der Waals surface area contributed by atoms with Crippen molar-refractivity contribution < 1.29 is 38.0 Å². The third-order valence-corrected chi connectivity index (χ3v) is 2.59. The highest BCUT2D eigenvalue weighted by molar-refractivity contribution is 5.95. The van der Waals surface area contributed by atoms with E-state index in [1.165, 1.54) is 6.92 Å². The van der Waals surface area contributed by atoms with Crippen LogP contribution >= 0.6 is 0 Å². The Hall–Kier alpha value is -1.45. The Morgan fingerprint density at radius 2 is 1.15 bits per heavy atom. The lowest BCUT2D eigenvalue weighted by Crippen LogP contribution is -2.22. The van der Waals surface area contributed by atoms with E-state index >= 15 is 0 Å². The summed E-state index contributed by atoms with van der Waals surface area (Å²) in [6.45, 7) is 7.08. The van der Waals surface area contributed by atoms with E-state index < -0.39 is 5.91 Å². The van der Waals surface area contributed by atoms with Crippen LogP contribution in [0.5, 0.6) is 0 Å². The van der Waals surface area contributed by atoms with Gasteiger partial charge < -0.3 is 28.4 Å². The van der Waals surface area contributed by atoms with Gasteiger partial charge in [-0.15, -0.1) is 4.99 Å². The highest BCUT2D eigenvalue weighted by Gasteiger charge is 2.04. The number of amides is 1. The van der Waals surface area contributed by atoms with Gasteiger partial charge in [0.05, 0.1) is 26.4 Å². The van der Waals surface area contributed by atoms with E-state index in [2.05, 4.69) is 11.6 Å². The molecular weight excluding hydrogens is 346 g/mol. The van der Waals surface area contributed by atoms with Gasteiger partial charge in [0.25, 0.3) is 5.91 Å². The van der Waals surface area contributed by atoms with Crippen LogP contribution in [0.2, 0.25) is 0 Å². The third kappa shape index (κ3) is 22.6. The SMILES string of the molecule is C=C(C)C(=O)N=C=O.COCC(COC)OC.COCC(COC)OC. The van der Waals surface area contributed by atoms with Crippen molar-refractivity contribution in [2.45, 2.75) is 19.1 Å². The van der Waals surface area contributed by atoms with Gasteiger partial charge in [0.1, 0.15) is 12.2 Å². The van der Waals surface area contributed by atoms with Crippen molar-refractivity contribution in [1.29, 1.82) is 0 Å². The fraction of sp³-hybridized carbons (Fsp3) is 0.765. The van der Waals surface area contributed by atoms with E-state index in [1.54, 1.807) is 42.7 Å². The van der Waals surface area contributed by atoms with Crippen LogP contribution in [0.15, 0.2) is 17.1 Å². The van der Waals surface area contributed by atoms with Crippen LogP contribution in [0.1, 0.15) is 6.92 Å². The molecule has 9 nitrogen and oxygen atoms in total. The second kappa shape index (κ2) is 23.5. The van der Waals surface area contributed by atoms with Gasteiger partial charge in [0.2, 0.25) is 6.08 Å². The molecule has 0 unspecified atom stereocenters. The van der Waals surface area contributed by atoms with Crippen LogP contribution in [0.3, 0.4) is 0 Å². The van der Waals surface area contributed by atoms with Crippen LogP contribution in [0, 0.1) is 0 Å². The molecule has 1 amide bonds. The average Bonchev–Trinajstić information content (AvgIpc) is 2.62. The summed E-state index contributed by atoms with van der Waals surface area (Å²) in [4.78, 5) is 22.4. The van der Waals surface area contributed by atoms with Crippen LogP contribution < -0.4 is 0 Å². The normalized spacial score (nSPS) is 9.58. The van der Waals surface area contributed by atoms with Gasteiger partial charge in [0, 0.05) is 48.2 Å². The third-order valence-electron chi connectivity index (χ3n) is 2.59. The minimum absolute atomic E-state index is 0.0694. The predicted molar refractivity (Wildman–Crippen MR) is 97.0 cm³/mol. The Labute approximate surface area is 156 Å². The van der Waals surface area contributed by atoms with Crippen molar-refractivity contribution in [3.05, 3.63) is 12.2 Å². The molecule has 0 saturated heterocycles. The minimum Gasteiger partial charge on any atom is -0.382 e. The Morgan fingerprint density at radius 1 is 0.846 bits per heavy atom. The fourth-order valence-electron chi connectivity index (χ4n) is 1.25. The molecule has 0 bridgehead atoms. The molecule has 0 rings (SSSR count). The summed E-state index contributed by atoms with van der Waals surface area (Å²) in [6, 6.07) is 0. The molecule has 0 heterocycles. The van der Waals surface area contributed by atoms with Gasteiger partial charge in [-0.3, -0.25) is 4.79 Å². The Kier molecular flexibility index (Phi) is 26.6. The highest BCUT2D eigenvalue weighted by atomic mass is 16.6. The molecule has 0 fully saturated rings. The van der Waals surface area contributed by atoms with Crippen LogP contribution in [0.4, 0.5) is 0 Å². The molecule has 0 saturated carbocycles. The van der Waals surface area contributed by atoms with Crippen molar-refractivity contribution in [2.75, 3.05) is 69.1 Å². The number of hydrogen-bond acceptors (Lipinski definition) is 8. The standard InChI is InChI=1S/2C6H14O3.C5H5NO2/c2*1-7-4-6(9-3)5-8-2;1-4(2)5(8)6-3-7/h2*6H,4-5H2,1-3H3;1H2,2H3. The maximum Gasteiger partial charge on any atom is 0.282 e. The second-order valence-corrected chi connectivity index (χ2v) is 4.83. The number of nitrogens with zero attached hydrogens (tertiary/aromatic N) is 1. The van der Waals surface area contributed by atoms with E-state index in [0.29, 0.717) is 26.4 Å². The largest absolute Gasteiger partial charge is 0.382 e. The monoisotopic (exact) mass is 379 g/mol. The molecule has 0 aliphatic heterocycles. The number of aliphatic imine (C=N–C) groups is 1. The zero-order valence-electron chi connectivity index (χ0n) is 16.9. The molecule has 0 aliphatic carbocycles. The Morgan fingerprint density at radius 3 is 1.27 bits per heavy atom. The van der Waals surface area contributed by atoms with Crippen molar-refractivity contribution in [3.63, 3.8) is 0 Å². The molecule has 0 aliphatic rings. The first kappa shape index (κ1) is 29.3. The first-order valence-corrected chi connectivity index (χ1v) is 7.67. The molecule has 0 aromatic heterocycles. The lowest BCUT2D eigenvalue weighted by atomic mass is 10.3. The molecule has 0 radical (unpaired) electrons. The summed E-state index contributed by atoms with van der Waals surface area (Å²) in [5.74, 6) is -0.611. The smallest absolute Gasteiger partial charge is 0.282 e. The van der Waals surface area contributed by atoms with Crippen LogP contribution in [-0.2, 0) is 38.0 Å². The van der Waals surface area contributed by atoms with Gasteiger partial charge in [-0.25, -0.2) is 4.79 Å². The van der Waals surface area contributed by atoms with E-state index in [4.69, 9.17) is 28.4 Å². The van der Waals surface area contributed by atoms with Crippen LogP contribution in [0.25, 0.3) is 0 Å². The summed E-state index contributed by atoms with van der Waals surface area (Å²) in [5.41, 5.74) is 0.244. The topological polar surface area (TPSA) is 102 Å². The molecule has 26 heavy (non-hydrogen) atoms. The maximum absolute atomic E-state index is 10.2. The van der Waals surface area contributed by atoms with E-state index in [-0.39, 0.29) is 17.8 Å². The number of rotatable bonds is 11. The van der Waals surface area contributed by atoms with Crippen molar-refractivity contribution >= 4 is 12.0 Å². The zero-order chi connectivity index (χ0) is 20.8. The summed E-state index contributed by atoms with van der Waals surface area (Å²) in [5, 5.41) is 0. The molecule has 0 aromatic rings. The van der Waals surface area contributed by atoms with Gasteiger partial charge in [0.15, 0.2) is 0 Å². The summed E-state index contributed by atoms with van der Waals surface area (Å²) in [7, 11) is 9.85. The maximum atomic E-state index is 10.2. The number of carbonyl (C=O) groups is 1. The first-order valence-electron chi connectivity index (χ1n) is 7.67. The van der Waals surface area contributed by atoms with Crippen molar-refractivity contribution in [2.24, 2.45) is 4.99 Å². The highest BCUT2D eigenvalue weighted by Crippen LogP contribution is 1.90. The number of hydrogen-bond donors (Lipinski definition) is 0. The van der Waals surface area contributed by atoms with Crippen molar-refractivity contribution in [1.82, 2.24) is 0 Å². The molecule has 0 aromatic carbocycles. The van der Waals surface area contributed by atoms with Crippen LogP contribution in [-0.4, -0.2) is 93.3 Å². The quantitative estimate of drug-likeness (QED) is 0.298. The second-order valence-electron chi connectivity index (χ2n) is 4.83. The van der Waals surface area contributed by atoms with E-state index in [0.717, 1.165) is 6.08 Å². The van der Waals surface area contributed by atoms with E-state index in [9.17, 15) is 9.59 Å². The summed E-state index contributed by atoms with van der Waals surface area (Å²) in [6.07, 6.45) is 1.25. The zero-order valence-corrected chi connectivity index (χ0v) is 16.9. The predicted octanol–water partition coefficient (Wildman–Crippen LogP) is 1.01.